The summed E-state index contributed by atoms with van der Waals surface area (Å²) in [5, 5.41) is 14.1. The summed E-state index contributed by atoms with van der Waals surface area (Å²) in [5.41, 5.74) is 2.05. The van der Waals surface area contributed by atoms with Gasteiger partial charge in [0.25, 0.3) is 0 Å². The van der Waals surface area contributed by atoms with E-state index >= 15 is 0 Å². The molecule has 3 aromatic rings. The molecule has 0 saturated carbocycles. The zero-order chi connectivity index (χ0) is 14.2. The SMILES string of the molecule is Fc1ccc(-c2csc3nnc(C4CCNCC4)n23)cc1. The average Bonchev–Trinajstić information content (AvgIpc) is 3.11. The van der Waals surface area contributed by atoms with E-state index in [1.165, 1.54) is 12.1 Å². The Morgan fingerprint density at radius 1 is 1.14 bits per heavy atom. The Hall–Kier alpha value is -1.79. The Morgan fingerprint density at radius 3 is 2.67 bits per heavy atom. The molecule has 6 heteroatoms. The molecule has 0 aliphatic carbocycles. The van der Waals surface area contributed by atoms with Gasteiger partial charge in [-0.2, -0.15) is 0 Å². The minimum absolute atomic E-state index is 0.215. The highest BCUT2D eigenvalue weighted by atomic mass is 32.1. The van der Waals surface area contributed by atoms with Crippen molar-refractivity contribution in [3.05, 3.63) is 41.3 Å². The van der Waals surface area contributed by atoms with E-state index in [4.69, 9.17) is 0 Å². The Balaban J connectivity index is 1.82. The van der Waals surface area contributed by atoms with Crippen LogP contribution in [0.15, 0.2) is 29.6 Å². The zero-order valence-electron chi connectivity index (χ0n) is 11.4. The van der Waals surface area contributed by atoms with E-state index < -0.39 is 0 Å². The first-order valence-corrected chi connectivity index (χ1v) is 8.00. The molecule has 4 rings (SSSR count). The van der Waals surface area contributed by atoms with Crippen LogP contribution in [0, 0.1) is 5.82 Å². The van der Waals surface area contributed by atoms with Crippen molar-refractivity contribution in [3.8, 4) is 11.3 Å². The highest BCUT2D eigenvalue weighted by molar-refractivity contribution is 7.15. The number of rotatable bonds is 2. The van der Waals surface area contributed by atoms with Crippen molar-refractivity contribution >= 4 is 16.3 Å². The monoisotopic (exact) mass is 302 g/mol. The summed E-state index contributed by atoms with van der Waals surface area (Å²) >= 11 is 1.58. The third-order valence-corrected chi connectivity index (χ3v) is 4.84. The summed E-state index contributed by atoms with van der Waals surface area (Å²) in [6, 6.07) is 6.60. The smallest absolute Gasteiger partial charge is 0.216 e. The molecule has 21 heavy (non-hydrogen) atoms. The van der Waals surface area contributed by atoms with E-state index in [1.54, 1.807) is 11.3 Å². The van der Waals surface area contributed by atoms with Gasteiger partial charge in [-0.15, -0.1) is 21.5 Å². The van der Waals surface area contributed by atoms with Crippen LogP contribution in [0.5, 0.6) is 0 Å². The van der Waals surface area contributed by atoms with Crippen molar-refractivity contribution in [3.63, 3.8) is 0 Å². The molecule has 1 aliphatic rings. The predicted molar refractivity (Wildman–Crippen MR) is 81.1 cm³/mol. The van der Waals surface area contributed by atoms with Gasteiger partial charge in [0.2, 0.25) is 4.96 Å². The molecular weight excluding hydrogens is 287 g/mol. The van der Waals surface area contributed by atoms with Gasteiger partial charge in [-0.3, -0.25) is 4.40 Å². The highest BCUT2D eigenvalue weighted by Gasteiger charge is 2.23. The number of piperidine rings is 1. The molecule has 1 fully saturated rings. The van der Waals surface area contributed by atoms with Crippen molar-refractivity contribution in [2.75, 3.05) is 13.1 Å². The molecule has 1 aromatic carbocycles. The standard InChI is InChI=1S/C15H15FN4S/c16-12-3-1-10(2-4-12)13-9-21-15-19-18-14(20(13)15)11-5-7-17-8-6-11/h1-4,9,11,17H,5-8H2. The summed E-state index contributed by atoms with van der Waals surface area (Å²) in [4.78, 5) is 0.905. The van der Waals surface area contributed by atoms with Crippen molar-refractivity contribution in [1.82, 2.24) is 19.9 Å². The van der Waals surface area contributed by atoms with Gasteiger partial charge >= 0.3 is 0 Å². The Kier molecular flexibility index (Phi) is 3.20. The van der Waals surface area contributed by atoms with Crippen molar-refractivity contribution in [1.29, 1.82) is 0 Å². The van der Waals surface area contributed by atoms with Crippen LogP contribution < -0.4 is 5.32 Å². The van der Waals surface area contributed by atoms with Gasteiger partial charge in [0.1, 0.15) is 11.6 Å². The lowest BCUT2D eigenvalue weighted by Gasteiger charge is -2.21. The van der Waals surface area contributed by atoms with Gasteiger partial charge in [0.15, 0.2) is 0 Å². The molecule has 0 atom stereocenters. The van der Waals surface area contributed by atoms with Crippen molar-refractivity contribution in [2.45, 2.75) is 18.8 Å². The first-order chi connectivity index (χ1) is 10.3. The van der Waals surface area contributed by atoms with Crippen LogP contribution in [-0.4, -0.2) is 27.7 Å². The second-order valence-electron chi connectivity index (χ2n) is 5.33. The number of nitrogens with one attached hydrogen (secondary N) is 1. The molecule has 108 valence electrons. The van der Waals surface area contributed by atoms with E-state index in [1.807, 2.05) is 12.1 Å². The van der Waals surface area contributed by atoms with Crippen LogP contribution in [0.3, 0.4) is 0 Å². The van der Waals surface area contributed by atoms with Crippen LogP contribution >= 0.6 is 11.3 Å². The molecular formula is C15H15FN4S. The van der Waals surface area contributed by atoms with Crippen LogP contribution in [0.2, 0.25) is 0 Å². The number of nitrogens with zero attached hydrogens (tertiary/aromatic N) is 3. The number of benzene rings is 1. The second-order valence-corrected chi connectivity index (χ2v) is 6.16. The molecule has 0 unspecified atom stereocenters. The molecule has 3 heterocycles. The molecule has 2 aromatic heterocycles. The normalized spacial score (nSPS) is 16.6. The fraction of sp³-hybridized carbons (Fsp3) is 0.333. The molecule has 1 saturated heterocycles. The lowest BCUT2D eigenvalue weighted by Crippen LogP contribution is -2.27. The van der Waals surface area contributed by atoms with E-state index in [0.717, 1.165) is 48.0 Å². The third kappa shape index (κ3) is 2.24. The number of thiazole rings is 1. The van der Waals surface area contributed by atoms with Crippen LogP contribution in [0.4, 0.5) is 4.39 Å². The quantitative estimate of drug-likeness (QED) is 0.791. The summed E-state index contributed by atoms with van der Waals surface area (Å²) in [6.45, 7) is 2.05. The van der Waals surface area contributed by atoms with E-state index in [9.17, 15) is 4.39 Å². The average molecular weight is 302 g/mol. The summed E-state index contributed by atoms with van der Waals surface area (Å²) in [5.74, 6) is 1.26. The fourth-order valence-corrected chi connectivity index (χ4v) is 3.75. The maximum atomic E-state index is 13.1. The summed E-state index contributed by atoms with van der Waals surface area (Å²) in [7, 11) is 0. The van der Waals surface area contributed by atoms with Gasteiger partial charge in [0.05, 0.1) is 5.69 Å². The summed E-state index contributed by atoms with van der Waals surface area (Å²) in [6.07, 6.45) is 2.17. The predicted octanol–water partition coefficient (Wildman–Crippen LogP) is 3.06. The highest BCUT2D eigenvalue weighted by Crippen LogP contribution is 2.31. The van der Waals surface area contributed by atoms with Crippen molar-refractivity contribution < 1.29 is 4.39 Å². The van der Waals surface area contributed by atoms with E-state index in [-0.39, 0.29) is 5.82 Å². The Bertz CT molecular complexity index is 756. The van der Waals surface area contributed by atoms with Crippen molar-refractivity contribution in [2.24, 2.45) is 0 Å². The number of halogens is 1. The summed E-state index contributed by atoms with van der Waals surface area (Å²) < 4.78 is 15.2. The number of hydrogen-bond acceptors (Lipinski definition) is 4. The van der Waals surface area contributed by atoms with Gasteiger partial charge in [-0.1, -0.05) is 0 Å². The van der Waals surface area contributed by atoms with E-state index in [2.05, 4.69) is 25.3 Å². The maximum Gasteiger partial charge on any atom is 0.216 e. The molecule has 0 amide bonds. The minimum Gasteiger partial charge on any atom is -0.317 e. The fourth-order valence-electron chi connectivity index (χ4n) is 2.91. The van der Waals surface area contributed by atoms with Gasteiger partial charge < -0.3 is 5.32 Å². The molecule has 0 spiro atoms. The zero-order valence-corrected chi connectivity index (χ0v) is 12.2. The Labute approximate surface area is 125 Å². The molecule has 4 nitrogen and oxygen atoms in total. The van der Waals surface area contributed by atoms with Crippen LogP contribution in [0.25, 0.3) is 16.2 Å². The molecule has 0 radical (unpaired) electrons. The molecule has 0 bridgehead atoms. The molecule has 1 N–H and O–H groups in total. The topological polar surface area (TPSA) is 42.2 Å². The van der Waals surface area contributed by atoms with Crippen LogP contribution in [0.1, 0.15) is 24.6 Å². The number of aromatic nitrogens is 3. The largest absolute Gasteiger partial charge is 0.317 e. The molecule has 1 aliphatic heterocycles. The lowest BCUT2D eigenvalue weighted by atomic mass is 9.97. The maximum absolute atomic E-state index is 13.1. The first kappa shape index (κ1) is 12.9. The van der Waals surface area contributed by atoms with Crippen LogP contribution in [-0.2, 0) is 0 Å². The Morgan fingerprint density at radius 2 is 1.90 bits per heavy atom. The lowest BCUT2D eigenvalue weighted by molar-refractivity contribution is 0.443. The van der Waals surface area contributed by atoms with E-state index in [0.29, 0.717) is 5.92 Å². The number of hydrogen-bond donors (Lipinski definition) is 1. The van der Waals surface area contributed by atoms with Gasteiger partial charge in [-0.05, 0) is 55.8 Å². The second kappa shape index (κ2) is 5.20. The minimum atomic E-state index is -0.215. The first-order valence-electron chi connectivity index (χ1n) is 7.12. The number of fused-ring (bicyclic) bond motifs is 1. The van der Waals surface area contributed by atoms with Gasteiger partial charge in [0, 0.05) is 11.3 Å². The third-order valence-electron chi connectivity index (χ3n) is 4.02. The van der Waals surface area contributed by atoms with Gasteiger partial charge in [-0.25, -0.2) is 4.39 Å².